The molecule has 0 amide bonds. The number of hydrogen-bond donors (Lipinski definition) is 1. The van der Waals surface area contributed by atoms with Gasteiger partial charge in [-0.25, -0.2) is 4.79 Å². The Morgan fingerprint density at radius 3 is 2.30 bits per heavy atom. The fraction of sp³-hybridized carbons (Fsp3) is 0.625. The highest BCUT2D eigenvalue weighted by Gasteiger charge is 2.41. The van der Waals surface area contributed by atoms with Gasteiger partial charge in [0.1, 0.15) is 0 Å². The zero-order valence-electron chi connectivity index (χ0n) is 12.1. The number of hydrogen-bond acceptors (Lipinski definition) is 2. The molecule has 0 aromatic carbocycles. The number of carboxylic acid groups (broad SMARTS) is 1. The maximum atomic E-state index is 12.2. The van der Waals surface area contributed by atoms with E-state index in [0.29, 0.717) is 23.7 Å². The number of pyridine rings is 1. The van der Waals surface area contributed by atoms with Crippen LogP contribution >= 0.6 is 0 Å². The van der Waals surface area contributed by atoms with Gasteiger partial charge in [-0.05, 0) is 62.8 Å². The highest BCUT2D eigenvalue weighted by molar-refractivity contribution is 5.90. The van der Waals surface area contributed by atoms with Crippen LogP contribution in [0.25, 0.3) is 0 Å². The molecule has 2 saturated carbocycles. The van der Waals surface area contributed by atoms with Gasteiger partial charge < -0.3 is 9.67 Å². The average molecular weight is 275 g/mol. The van der Waals surface area contributed by atoms with Gasteiger partial charge in [-0.2, -0.15) is 0 Å². The molecule has 2 aliphatic carbocycles. The van der Waals surface area contributed by atoms with Crippen LogP contribution in [0.3, 0.4) is 0 Å². The smallest absolute Gasteiger partial charge is 0.337 e. The average Bonchev–Trinajstić information content (AvgIpc) is 3.22. The van der Waals surface area contributed by atoms with Gasteiger partial charge in [-0.3, -0.25) is 4.79 Å². The number of carboxylic acids is 1. The fourth-order valence-corrected chi connectivity index (χ4v) is 3.41. The molecule has 1 N–H and O–H groups in total. The van der Waals surface area contributed by atoms with Crippen LogP contribution in [0.1, 0.15) is 47.3 Å². The summed E-state index contributed by atoms with van der Waals surface area (Å²) in [5.41, 5.74) is 1.39. The first kappa shape index (κ1) is 13.4. The first-order valence-corrected chi connectivity index (χ1v) is 7.43. The Kier molecular flexibility index (Phi) is 3.19. The summed E-state index contributed by atoms with van der Waals surface area (Å²) in [5, 5.41) is 9.32. The summed E-state index contributed by atoms with van der Waals surface area (Å²) < 4.78 is 1.69. The van der Waals surface area contributed by atoms with Gasteiger partial charge in [-0.1, -0.05) is 0 Å². The Balaban J connectivity index is 1.97. The molecule has 0 saturated heterocycles. The second-order valence-electron chi connectivity index (χ2n) is 6.38. The maximum absolute atomic E-state index is 12.2. The third-order valence-corrected chi connectivity index (χ3v) is 4.83. The maximum Gasteiger partial charge on any atom is 0.337 e. The van der Waals surface area contributed by atoms with Gasteiger partial charge >= 0.3 is 5.97 Å². The topological polar surface area (TPSA) is 59.3 Å². The van der Waals surface area contributed by atoms with Crippen LogP contribution in [0, 0.1) is 31.6 Å². The van der Waals surface area contributed by atoms with Crippen molar-refractivity contribution in [1.82, 2.24) is 4.57 Å². The second kappa shape index (κ2) is 4.76. The van der Waals surface area contributed by atoms with Gasteiger partial charge in [0.15, 0.2) is 0 Å². The molecule has 0 aliphatic heterocycles. The van der Waals surface area contributed by atoms with Crippen LogP contribution in [-0.2, 0) is 6.54 Å². The van der Waals surface area contributed by atoms with Crippen molar-refractivity contribution in [2.24, 2.45) is 17.8 Å². The minimum absolute atomic E-state index is 0.0590. The number of carbonyl (C=O) groups is 1. The van der Waals surface area contributed by atoms with Gasteiger partial charge in [0.2, 0.25) is 0 Å². The third-order valence-electron chi connectivity index (χ3n) is 4.83. The number of rotatable bonds is 5. The van der Waals surface area contributed by atoms with Crippen molar-refractivity contribution < 1.29 is 9.90 Å². The van der Waals surface area contributed by atoms with Crippen molar-refractivity contribution >= 4 is 5.97 Å². The highest BCUT2D eigenvalue weighted by atomic mass is 16.4. The second-order valence-corrected chi connectivity index (χ2v) is 6.38. The predicted molar refractivity (Wildman–Crippen MR) is 76.1 cm³/mol. The zero-order chi connectivity index (χ0) is 14.4. The summed E-state index contributed by atoms with van der Waals surface area (Å²) in [7, 11) is 0. The van der Waals surface area contributed by atoms with E-state index >= 15 is 0 Å². The molecule has 108 valence electrons. The van der Waals surface area contributed by atoms with E-state index in [4.69, 9.17) is 0 Å². The fourth-order valence-electron chi connectivity index (χ4n) is 3.41. The molecule has 1 aromatic heterocycles. The molecule has 0 bridgehead atoms. The molecule has 0 atom stereocenters. The van der Waals surface area contributed by atoms with Crippen LogP contribution in [-0.4, -0.2) is 15.6 Å². The number of aromatic carboxylic acids is 1. The molecule has 1 heterocycles. The van der Waals surface area contributed by atoms with E-state index in [0.717, 1.165) is 11.8 Å². The largest absolute Gasteiger partial charge is 0.478 e. The molecule has 2 fully saturated rings. The normalized spacial score (nSPS) is 18.6. The Hall–Kier alpha value is -1.58. The van der Waals surface area contributed by atoms with Gasteiger partial charge in [0.25, 0.3) is 5.56 Å². The van der Waals surface area contributed by atoms with E-state index in [-0.39, 0.29) is 11.1 Å². The first-order chi connectivity index (χ1) is 9.49. The summed E-state index contributed by atoms with van der Waals surface area (Å²) in [6, 6.07) is 1.47. The summed E-state index contributed by atoms with van der Waals surface area (Å²) >= 11 is 0. The lowest BCUT2D eigenvalue weighted by molar-refractivity contribution is 0.0693. The predicted octanol–water partition coefficient (Wildman–Crippen LogP) is 2.60. The van der Waals surface area contributed by atoms with E-state index < -0.39 is 5.97 Å². The highest BCUT2D eigenvalue weighted by Crippen LogP contribution is 2.49. The molecule has 20 heavy (non-hydrogen) atoms. The van der Waals surface area contributed by atoms with Crippen LogP contribution in [0.5, 0.6) is 0 Å². The van der Waals surface area contributed by atoms with E-state index in [1.165, 1.54) is 31.7 Å². The molecule has 0 unspecified atom stereocenters. The van der Waals surface area contributed by atoms with Gasteiger partial charge in [-0.15, -0.1) is 0 Å². The van der Waals surface area contributed by atoms with Crippen LogP contribution in [0.2, 0.25) is 0 Å². The lowest BCUT2D eigenvalue weighted by Gasteiger charge is -2.20. The van der Waals surface area contributed by atoms with Crippen molar-refractivity contribution in [3.8, 4) is 0 Å². The Bertz CT molecular complexity index is 597. The molecule has 2 aliphatic rings. The Morgan fingerprint density at radius 2 is 1.85 bits per heavy atom. The summed E-state index contributed by atoms with van der Waals surface area (Å²) in [6.07, 6.45) is 5.08. The van der Waals surface area contributed by atoms with Crippen molar-refractivity contribution in [3.63, 3.8) is 0 Å². The minimum Gasteiger partial charge on any atom is -0.478 e. The molecule has 1 aromatic rings. The van der Waals surface area contributed by atoms with Crippen molar-refractivity contribution in [1.29, 1.82) is 0 Å². The summed E-state index contributed by atoms with van der Waals surface area (Å²) in [4.78, 5) is 23.6. The first-order valence-electron chi connectivity index (χ1n) is 7.43. The Labute approximate surface area is 118 Å². The van der Waals surface area contributed by atoms with Gasteiger partial charge in [0.05, 0.1) is 5.56 Å². The van der Waals surface area contributed by atoms with E-state index in [2.05, 4.69) is 0 Å². The third kappa shape index (κ3) is 2.39. The van der Waals surface area contributed by atoms with E-state index in [9.17, 15) is 14.7 Å². The van der Waals surface area contributed by atoms with E-state index in [1.807, 2.05) is 0 Å². The zero-order valence-corrected chi connectivity index (χ0v) is 12.1. The molecule has 0 spiro atoms. The number of nitrogens with zero attached hydrogens (tertiary/aromatic N) is 1. The molecule has 3 rings (SSSR count). The number of aryl methyl sites for hydroxylation is 1. The molecular weight excluding hydrogens is 254 g/mol. The minimum atomic E-state index is -0.942. The molecule has 4 nitrogen and oxygen atoms in total. The van der Waals surface area contributed by atoms with Crippen LogP contribution in [0.4, 0.5) is 0 Å². The van der Waals surface area contributed by atoms with Crippen molar-refractivity contribution in [2.45, 2.75) is 46.1 Å². The molecule has 0 radical (unpaired) electrons. The van der Waals surface area contributed by atoms with E-state index in [1.54, 1.807) is 18.4 Å². The van der Waals surface area contributed by atoms with Gasteiger partial charge in [0, 0.05) is 18.3 Å². The number of aromatic nitrogens is 1. The lowest BCUT2D eigenvalue weighted by atomic mass is 9.97. The molecular formula is C16H21NO3. The monoisotopic (exact) mass is 275 g/mol. The summed E-state index contributed by atoms with van der Waals surface area (Å²) in [6.45, 7) is 4.15. The standard InChI is InChI=1S/C16H21NO3/c1-9-7-14(18)17(10(2)15(9)16(19)20)8-13(11-3-4-11)12-5-6-12/h7,11-13H,3-6,8H2,1-2H3,(H,19,20). The quantitative estimate of drug-likeness (QED) is 0.898. The van der Waals surface area contributed by atoms with Crippen molar-refractivity contribution in [2.75, 3.05) is 0 Å². The summed E-state index contributed by atoms with van der Waals surface area (Å²) in [5.74, 6) is 1.13. The van der Waals surface area contributed by atoms with Crippen molar-refractivity contribution in [3.05, 3.63) is 33.2 Å². The SMILES string of the molecule is Cc1cc(=O)n(CC(C2CC2)C2CC2)c(C)c1C(=O)O. The lowest BCUT2D eigenvalue weighted by Crippen LogP contribution is -2.29. The Morgan fingerprint density at radius 1 is 1.30 bits per heavy atom. The van der Waals surface area contributed by atoms with Crippen LogP contribution in [0.15, 0.2) is 10.9 Å². The molecule has 4 heteroatoms. The van der Waals surface area contributed by atoms with Crippen LogP contribution < -0.4 is 5.56 Å².